The number of anilines is 2. The molecule has 8 nitrogen and oxygen atoms in total. The second kappa shape index (κ2) is 11.2. The monoisotopic (exact) mass is 484 g/mol. The lowest BCUT2D eigenvalue weighted by Gasteiger charge is -2.23. The van der Waals surface area contributed by atoms with Gasteiger partial charge >= 0.3 is 6.03 Å². The number of nitrogens with zero attached hydrogens (tertiary/aromatic N) is 2. The summed E-state index contributed by atoms with van der Waals surface area (Å²) in [6, 6.07) is 16.1. The fraction of sp³-hybridized carbons (Fsp3) is 0.167. The number of carbonyl (C=O) groups is 2. The molecule has 0 atom stereocenters. The zero-order valence-electron chi connectivity index (χ0n) is 18.3. The van der Waals surface area contributed by atoms with E-state index in [0.29, 0.717) is 17.8 Å². The number of nitrogens with one attached hydrogen (secondary N) is 2. The van der Waals surface area contributed by atoms with Crippen LogP contribution in [0.25, 0.3) is 0 Å². The van der Waals surface area contributed by atoms with Crippen LogP contribution in [-0.2, 0) is 0 Å². The van der Waals surface area contributed by atoms with E-state index < -0.39 is 22.7 Å². The molecule has 3 aromatic carbocycles. The van der Waals surface area contributed by atoms with Crippen LogP contribution >= 0.6 is 11.6 Å². The number of non-ortho nitro benzene ring substituents is 1. The first-order chi connectivity index (χ1) is 16.2. The Kier molecular flexibility index (Phi) is 8.15. The van der Waals surface area contributed by atoms with Crippen molar-refractivity contribution in [2.24, 2.45) is 0 Å². The van der Waals surface area contributed by atoms with E-state index in [4.69, 9.17) is 11.6 Å². The summed E-state index contributed by atoms with van der Waals surface area (Å²) in [6.07, 6.45) is 0.384. The summed E-state index contributed by atoms with van der Waals surface area (Å²) >= 11 is 6.00. The number of amides is 3. The maximum atomic E-state index is 13.4. The van der Waals surface area contributed by atoms with Crippen LogP contribution in [-0.4, -0.2) is 30.0 Å². The molecular weight excluding hydrogens is 463 g/mol. The Hall–Kier alpha value is -3.98. The van der Waals surface area contributed by atoms with Gasteiger partial charge in [0.05, 0.1) is 15.5 Å². The number of benzene rings is 3. The number of urea groups is 1. The molecule has 176 valence electrons. The lowest BCUT2D eigenvalue weighted by molar-refractivity contribution is -0.384. The second-order valence-electron chi connectivity index (χ2n) is 7.46. The number of rotatable bonds is 8. The molecule has 10 heteroatoms. The fourth-order valence-corrected chi connectivity index (χ4v) is 3.48. The van der Waals surface area contributed by atoms with Gasteiger partial charge in [-0.15, -0.1) is 0 Å². The van der Waals surface area contributed by atoms with Crippen molar-refractivity contribution in [1.29, 1.82) is 0 Å². The van der Waals surface area contributed by atoms with Crippen LogP contribution in [0.2, 0.25) is 5.02 Å². The number of nitro benzene ring substituents is 1. The Labute approximate surface area is 200 Å². The average Bonchev–Trinajstić information content (AvgIpc) is 2.79. The Morgan fingerprint density at radius 2 is 1.82 bits per heavy atom. The van der Waals surface area contributed by atoms with Gasteiger partial charge in [0.2, 0.25) is 0 Å². The molecule has 3 amide bonds. The smallest absolute Gasteiger partial charge is 0.326 e. The number of nitro groups is 1. The van der Waals surface area contributed by atoms with E-state index in [2.05, 4.69) is 10.6 Å². The Balaban J connectivity index is 1.64. The SMILES string of the molecule is Cc1cccc(NC(=O)N(CCCNC(=O)c2ccc([N+](=O)[O-])cc2Cl)c2ccc(F)cc2)c1. The van der Waals surface area contributed by atoms with Gasteiger partial charge in [0.1, 0.15) is 5.82 Å². The molecular formula is C24H22ClFN4O4. The van der Waals surface area contributed by atoms with Crippen LogP contribution in [0.3, 0.4) is 0 Å². The average molecular weight is 485 g/mol. The molecule has 0 bridgehead atoms. The third-order valence-electron chi connectivity index (χ3n) is 4.90. The van der Waals surface area contributed by atoms with Gasteiger partial charge in [0, 0.05) is 36.6 Å². The summed E-state index contributed by atoms with van der Waals surface area (Å²) in [4.78, 5) is 37.0. The number of halogens is 2. The largest absolute Gasteiger partial charge is 0.352 e. The van der Waals surface area contributed by atoms with Crippen molar-refractivity contribution in [1.82, 2.24) is 5.32 Å². The quantitative estimate of drug-likeness (QED) is 0.248. The summed E-state index contributed by atoms with van der Waals surface area (Å²) in [7, 11) is 0. The molecule has 0 saturated carbocycles. The highest BCUT2D eigenvalue weighted by molar-refractivity contribution is 6.34. The molecule has 0 saturated heterocycles. The van der Waals surface area contributed by atoms with E-state index in [0.717, 1.165) is 11.6 Å². The molecule has 0 aliphatic heterocycles. The molecule has 0 aliphatic rings. The van der Waals surface area contributed by atoms with E-state index in [1.54, 1.807) is 6.07 Å². The minimum absolute atomic E-state index is 0.0304. The van der Waals surface area contributed by atoms with Gasteiger partial charge in [-0.1, -0.05) is 23.7 Å². The molecule has 0 radical (unpaired) electrons. The highest BCUT2D eigenvalue weighted by Gasteiger charge is 2.18. The molecule has 0 fully saturated rings. The molecule has 3 aromatic rings. The summed E-state index contributed by atoms with van der Waals surface area (Å²) in [5, 5.41) is 16.3. The lowest BCUT2D eigenvalue weighted by Crippen LogP contribution is -2.37. The third-order valence-corrected chi connectivity index (χ3v) is 5.22. The van der Waals surface area contributed by atoms with Crippen molar-refractivity contribution in [2.45, 2.75) is 13.3 Å². The van der Waals surface area contributed by atoms with Crippen LogP contribution < -0.4 is 15.5 Å². The van der Waals surface area contributed by atoms with Crippen LogP contribution in [0.4, 0.5) is 26.2 Å². The summed E-state index contributed by atoms with van der Waals surface area (Å²) in [5.74, 6) is -0.910. The van der Waals surface area contributed by atoms with Crippen LogP contribution in [0.15, 0.2) is 66.7 Å². The number of hydrogen-bond acceptors (Lipinski definition) is 4. The van der Waals surface area contributed by atoms with Crippen molar-refractivity contribution in [2.75, 3.05) is 23.3 Å². The van der Waals surface area contributed by atoms with Gasteiger partial charge < -0.3 is 10.6 Å². The van der Waals surface area contributed by atoms with Crippen molar-refractivity contribution >= 4 is 40.6 Å². The highest BCUT2D eigenvalue weighted by atomic mass is 35.5. The van der Waals surface area contributed by atoms with Crippen molar-refractivity contribution < 1.29 is 18.9 Å². The standard InChI is InChI=1S/C24H22ClFN4O4/c1-16-4-2-5-18(14-16)28-24(32)29(19-8-6-17(26)7-9-19)13-3-12-27-23(31)21-11-10-20(30(33)34)15-22(21)25/h2,4-11,14-15H,3,12-13H2,1H3,(H,27,31)(H,28,32). The number of hydrogen-bond donors (Lipinski definition) is 2. The van der Waals surface area contributed by atoms with Gasteiger partial charge in [-0.2, -0.15) is 0 Å². The van der Waals surface area contributed by atoms with Gasteiger partial charge in [0.15, 0.2) is 0 Å². The highest BCUT2D eigenvalue weighted by Crippen LogP contribution is 2.22. The van der Waals surface area contributed by atoms with Crippen LogP contribution in [0, 0.1) is 22.9 Å². The first kappa shape index (κ1) is 24.7. The molecule has 0 heterocycles. The second-order valence-corrected chi connectivity index (χ2v) is 7.87. The summed E-state index contributed by atoms with van der Waals surface area (Å²) < 4.78 is 13.4. The normalized spacial score (nSPS) is 10.4. The van der Waals surface area contributed by atoms with E-state index >= 15 is 0 Å². The minimum atomic E-state index is -0.598. The van der Waals surface area contributed by atoms with Crippen molar-refractivity contribution in [3.63, 3.8) is 0 Å². The first-order valence-electron chi connectivity index (χ1n) is 10.4. The van der Waals surface area contributed by atoms with Gasteiger partial charge in [0.25, 0.3) is 11.6 Å². The maximum Gasteiger partial charge on any atom is 0.326 e. The van der Waals surface area contributed by atoms with Crippen LogP contribution in [0.5, 0.6) is 0 Å². The molecule has 0 spiro atoms. The van der Waals surface area contributed by atoms with Gasteiger partial charge in [-0.25, -0.2) is 9.18 Å². The van der Waals surface area contributed by atoms with Gasteiger partial charge in [-0.3, -0.25) is 19.8 Å². The third kappa shape index (κ3) is 6.52. The Bertz CT molecular complexity index is 1200. The lowest BCUT2D eigenvalue weighted by atomic mass is 10.2. The summed E-state index contributed by atoms with van der Waals surface area (Å²) in [5.41, 5.74) is 2.00. The zero-order valence-corrected chi connectivity index (χ0v) is 19.0. The van der Waals surface area contributed by atoms with Crippen molar-refractivity contribution in [3.8, 4) is 0 Å². The number of carbonyl (C=O) groups excluding carboxylic acids is 2. The molecule has 0 unspecified atom stereocenters. The van der Waals surface area contributed by atoms with Gasteiger partial charge in [-0.05, 0) is 61.4 Å². The van der Waals surface area contributed by atoms with E-state index in [9.17, 15) is 24.1 Å². The molecule has 2 N–H and O–H groups in total. The molecule has 0 aliphatic carbocycles. The van der Waals surface area contributed by atoms with Crippen molar-refractivity contribution in [3.05, 3.63) is 98.8 Å². The number of aryl methyl sites for hydroxylation is 1. The minimum Gasteiger partial charge on any atom is -0.352 e. The Morgan fingerprint density at radius 3 is 2.47 bits per heavy atom. The Morgan fingerprint density at radius 1 is 1.09 bits per heavy atom. The summed E-state index contributed by atoms with van der Waals surface area (Å²) in [6.45, 7) is 2.35. The van der Waals surface area contributed by atoms with E-state index in [1.165, 1.54) is 41.3 Å². The van der Waals surface area contributed by atoms with E-state index in [1.807, 2.05) is 25.1 Å². The van der Waals surface area contributed by atoms with Crippen LogP contribution in [0.1, 0.15) is 22.3 Å². The maximum absolute atomic E-state index is 13.4. The molecule has 34 heavy (non-hydrogen) atoms. The predicted molar refractivity (Wildman–Crippen MR) is 129 cm³/mol. The predicted octanol–water partition coefficient (Wildman–Crippen LogP) is 5.55. The fourth-order valence-electron chi connectivity index (χ4n) is 3.22. The zero-order chi connectivity index (χ0) is 24.7. The first-order valence-corrected chi connectivity index (χ1v) is 10.8. The topological polar surface area (TPSA) is 105 Å². The molecule has 0 aromatic heterocycles. The molecule has 3 rings (SSSR count). The van der Waals surface area contributed by atoms with E-state index in [-0.39, 0.29) is 29.4 Å².